The largest absolute Gasteiger partial charge is 0.444 e. The molecule has 0 radical (unpaired) electrons. The van der Waals surface area contributed by atoms with Crippen molar-refractivity contribution in [3.8, 4) is 0 Å². The van der Waals surface area contributed by atoms with Gasteiger partial charge in [0.15, 0.2) is 0 Å². The number of hydrogen-bond donors (Lipinski definition) is 2. The first-order chi connectivity index (χ1) is 10.7. The van der Waals surface area contributed by atoms with Crippen molar-refractivity contribution in [1.82, 2.24) is 0 Å². The number of carbonyl (C=O) groups is 2. The molecule has 0 aliphatic rings. The summed E-state index contributed by atoms with van der Waals surface area (Å²) in [5.41, 5.74) is 1.97. The zero-order valence-electron chi connectivity index (χ0n) is 11.7. The summed E-state index contributed by atoms with van der Waals surface area (Å²) in [6, 6.07) is 16.1. The van der Waals surface area contributed by atoms with Crippen molar-refractivity contribution in [3.63, 3.8) is 0 Å². The van der Waals surface area contributed by atoms with Crippen molar-refractivity contribution >= 4 is 35.0 Å². The van der Waals surface area contributed by atoms with Crippen LogP contribution in [0.15, 0.2) is 54.6 Å². The summed E-state index contributed by atoms with van der Waals surface area (Å²) in [5.74, 6) is -0.443. The second-order valence-corrected chi connectivity index (χ2v) is 4.72. The highest BCUT2D eigenvalue weighted by molar-refractivity contribution is 6.29. The summed E-state index contributed by atoms with van der Waals surface area (Å²) < 4.78 is 5.12. The lowest BCUT2D eigenvalue weighted by molar-refractivity contribution is -0.113. The first-order valence-corrected chi connectivity index (χ1v) is 7.14. The molecule has 0 heterocycles. The number of benzene rings is 2. The van der Waals surface area contributed by atoms with E-state index in [0.29, 0.717) is 11.4 Å². The molecule has 0 saturated heterocycles. The minimum absolute atomic E-state index is 0.128. The van der Waals surface area contributed by atoms with Crippen LogP contribution in [0.1, 0.15) is 5.56 Å². The Bertz CT molecular complexity index is 647. The number of nitrogens with one attached hydrogen (secondary N) is 2. The molecule has 0 aliphatic carbocycles. The fraction of sp³-hybridized carbons (Fsp3) is 0.125. The van der Waals surface area contributed by atoms with E-state index in [2.05, 4.69) is 10.6 Å². The quantitative estimate of drug-likeness (QED) is 0.827. The molecule has 0 aliphatic heterocycles. The van der Waals surface area contributed by atoms with E-state index in [1.807, 2.05) is 30.3 Å². The Morgan fingerprint density at radius 2 is 1.64 bits per heavy atom. The summed E-state index contributed by atoms with van der Waals surface area (Å²) in [6.45, 7) is 0.190. The van der Waals surface area contributed by atoms with Crippen molar-refractivity contribution in [1.29, 1.82) is 0 Å². The number of hydrogen-bond acceptors (Lipinski definition) is 3. The molecular formula is C16H15ClN2O3. The Labute approximate surface area is 133 Å². The Balaban J connectivity index is 1.88. The molecule has 0 aromatic heterocycles. The molecule has 114 valence electrons. The van der Waals surface area contributed by atoms with Crippen LogP contribution in [0.2, 0.25) is 0 Å². The molecule has 0 atom stereocenters. The van der Waals surface area contributed by atoms with Crippen LogP contribution in [0.3, 0.4) is 0 Å². The number of halogens is 1. The van der Waals surface area contributed by atoms with E-state index in [1.54, 1.807) is 24.3 Å². The molecule has 2 amide bonds. The minimum atomic E-state index is -0.565. The SMILES string of the molecule is O=C(CCl)Nc1cccc(NC(=O)OCc2ccccc2)c1. The van der Waals surface area contributed by atoms with E-state index in [9.17, 15) is 9.59 Å². The molecule has 6 heteroatoms. The molecule has 2 aromatic carbocycles. The lowest BCUT2D eigenvalue weighted by Gasteiger charge is -2.09. The van der Waals surface area contributed by atoms with Crippen LogP contribution in [-0.4, -0.2) is 17.9 Å². The van der Waals surface area contributed by atoms with E-state index in [-0.39, 0.29) is 18.4 Å². The third-order valence-electron chi connectivity index (χ3n) is 2.73. The molecule has 0 spiro atoms. The number of ether oxygens (including phenoxy) is 1. The third kappa shape index (κ3) is 5.10. The minimum Gasteiger partial charge on any atom is -0.444 e. The molecule has 2 rings (SSSR count). The molecule has 2 N–H and O–H groups in total. The molecule has 0 fully saturated rings. The molecular weight excluding hydrogens is 304 g/mol. The summed E-state index contributed by atoms with van der Waals surface area (Å²) in [4.78, 5) is 23.0. The normalized spacial score (nSPS) is 9.86. The highest BCUT2D eigenvalue weighted by Gasteiger charge is 2.05. The van der Waals surface area contributed by atoms with E-state index in [4.69, 9.17) is 16.3 Å². The average Bonchev–Trinajstić information content (AvgIpc) is 2.54. The van der Waals surface area contributed by atoms with Gasteiger partial charge in [-0.1, -0.05) is 36.4 Å². The zero-order valence-corrected chi connectivity index (χ0v) is 12.5. The summed E-state index contributed by atoms with van der Waals surface area (Å²) >= 11 is 5.42. The Hall–Kier alpha value is -2.53. The molecule has 2 aromatic rings. The Kier molecular flexibility index (Phi) is 5.80. The third-order valence-corrected chi connectivity index (χ3v) is 2.97. The van der Waals surface area contributed by atoms with E-state index in [0.717, 1.165) is 5.56 Å². The summed E-state index contributed by atoms with van der Waals surface area (Å²) in [6.07, 6.45) is -0.565. The second-order valence-electron chi connectivity index (χ2n) is 4.45. The molecule has 22 heavy (non-hydrogen) atoms. The average molecular weight is 319 g/mol. The second kappa shape index (κ2) is 8.05. The van der Waals surface area contributed by atoms with Crippen LogP contribution in [0.4, 0.5) is 16.2 Å². The van der Waals surface area contributed by atoms with Gasteiger partial charge in [-0.3, -0.25) is 10.1 Å². The number of amides is 2. The van der Waals surface area contributed by atoms with Crippen molar-refractivity contribution < 1.29 is 14.3 Å². The molecule has 0 saturated carbocycles. The topological polar surface area (TPSA) is 67.4 Å². The number of carbonyl (C=O) groups excluding carboxylic acids is 2. The van der Waals surface area contributed by atoms with Gasteiger partial charge in [0.25, 0.3) is 0 Å². The fourth-order valence-corrected chi connectivity index (χ4v) is 1.81. The summed E-state index contributed by atoms with van der Waals surface area (Å²) in [5, 5.41) is 5.20. The maximum Gasteiger partial charge on any atom is 0.411 e. The lowest BCUT2D eigenvalue weighted by Crippen LogP contribution is -2.15. The zero-order chi connectivity index (χ0) is 15.8. The van der Waals surface area contributed by atoms with Gasteiger partial charge < -0.3 is 10.1 Å². The monoisotopic (exact) mass is 318 g/mol. The van der Waals surface area contributed by atoms with Gasteiger partial charge in [0.05, 0.1) is 0 Å². The van der Waals surface area contributed by atoms with Gasteiger partial charge in [-0.25, -0.2) is 4.79 Å². The first kappa shape index (κ1) is 15.9. The van der Waals surface area contributed by atoms with Gasteiger partial charge in [-0.2, -0.15) is 0 Å². The predicted molar refractivity (Wildman–Crippen MR) is 86.0 cm³/mol. The van der Waals surface area contributed by atoms with E-state index in [1.165, 1.54) is 0 Å². The van der Waals surface area contributed by atoms with Crippen LogP contribution in [-0.2, 0) is 16.1 Å². The van der Waals surface area contributed by atoms with Gasteiger partial charge in [-0.05, 0) is 23.8 Å². The first-order valence-electron chi connectivity index (χ1n) is 6.61. The van der Waals surface area contributed by atoms with Crippen LogP contribution < -0.4 is 10.6 Å². The van der Waals surface area contributed by atoms with Crippen LogP contribution >= 0.6 is 11.6 Å². The number of rotatable bonds is 5. The number of alkyl halides is 1. The Morgan fingerprint density at radius 1 is 0.955 bits per heavy atom. The highest BCUT2D eigenvalue weighted by Crippen LogP contribution is 2.15. The lowest BCUT2D eigenvalue weighted by atomic mass is 10.2. The van der Waals surface area contributed by atoms with Gasteiger partial charge in [0.1, 0.15) is 12.5 Å². The van der Waals surface area contributed by atoms with E-state index >= 15 is 0 Å². The van der Waals surface area contributed by atoms with Crippen LogP contribution in [0.25, 0.3) is 0 Å². The molecule has 0 unspecified atom stereocenters. The fourth-order valence-electron chi connectivity index (χ4n) is 1.75. The number of anilines is 2. The maximum atomic E-state index is 11.7. The predicted octanol–water partition coefficient (Wildman–Crippen LogP) is 3.61. The van der Waals surface area contributed by atoms with Crippen LogP contribution in [0.5, 0.6) is 0 Å². The van der Waals surface area contributed by atoms with E-state index < -0.39 is 6.09 Å². The highest BCUT2D eigenvalue weighted by atomic mass is 35.5. The Morgan fingerprint density at radius 3 is 2.32 bits per heavy atom. The standard InChI is InChI=1S/C16H15ClN2O3/c17-10-15(20)18-13-7-4-8-14(9-13)19-16(21)22-11-12-5-2-1-3-6-12/h1-9H,10-11H2,(H,18,20)(H,19,21). The molecule has 5 nitrogen and oxygen atoms in total. The van der Waals surface area contributed by atoms with Crippen molar-refractivity contribution in [2.45, 2.75) is 6.61 Å². The van der Waals surface area contributed by atoms with Crippen molar-refractivity contribution in [2.75, 3.05) is 16.5 Å². The van der Waals surface area contributed by atoms with Crippen LogP contribution in [0, 0.1) is 0 Å². The van der Waals surface area contributed by atoms with Gasteiger partial charge >= 0.3 is 6.09 Å². The van der Waals surface area contributed by atoms with Gasteiger partial charge in [-0.15, -0.1) is 11.6 Å². The van der Waals surface area contributed by atoms with Gasteiger partial charge in [0.2, 0.25) is 5.91 Å². The van der Waals surface area contributed by atoms with Crippen molar-refractivity contribution in [3.05, 3.63) is 60.2 Å². The summed E-state index contributed by atoms with van der Waals surface area (Å²) in [7, 11) is 0. The maximum absolute atomic E-state index is 11.7. The van der Waals surface area contributed by atoms with Gasteiger partial charge in [0, 0.05) is 11.4 Å². The van der Waals surface area contributed by atoms with Crippen molar-refractivity contribution in [2.24, 2.45) is 0 Å². The smallest absolute Gasteiger partial charge is 0.411 e. The molecule has 0 bridgehead atoms.